The van der Waals surface area contributed by atoms with Gasteiger partial charge in [-0.15, -0.1) is 11.6 Å². The fourth-order valence-electron chi connectivity index (χ4n) is 1.69. The van der Waals surface area contributed by atoms with E-state index in [9.17, 15) is 0 Å². The fourth-order valence-corrected chi connectivity index (χ4v) is 1.89. The standard InChI is InChI=1S/C10H14ClN3O/c1-15-10-6-9(12-7-13-10)14-4-2-8(11)3-5-14/h6-8H,2-5H2,1H3. The number of alkyl halides is 1. The van der Waals surface area contributed by atoms with Crippen molar-refractivity contribution in [3.63, 3.8) is 0 Å². The number of rotatable bonds is 2. The van der Waals surface area contributed by atoms with Crippen LogP contribution in [0.3, 0.4) is 0 Å². The molecule has 1 aliphatic heterocycles. The molecule has 4 nitrogen and oxygen atoms in total. The van der Waals surface area contributed by atoms with Gasteiger partial charge in [0.2, 0.25) is 5.88 Å². The zero-order valence-corrected chi connectivity index (χ0v) is 9.44. The molecule has 2 heterocycles. The first-order chi connectivity index (χ1) is 7.29. The van der Waals surface area contributed by atoms with Crippen LogP contribution in [0.15, 0.2) is 12.4 Å². The van der Waals surface area contributed by atoms with Crippen molar-refractivity contribution in [3.8, 4) is 5.88 Å². The van der Waals surface area contributed by atoms with Crippen LogP contribution < -0.4 is 9.64 Å². The van der Waals surface area contributed by atoms with E-state index < -0.39 is 0 Å². The number of piperidine rings is 1. The Morgan fingerprint density at radius 3 is 2.80 bits per heavy atom. The van der Waals surface area contributed by atoms with Gasteiger partial charge in [-0.1, -0.05) is 0 Å². The van der Waals surface area contributed by atoms with Gasteiger partial charge in [0, 0.05) is 24.5 Å². The van der Waals surface area contributed by atoms with E-state index in [1.165, 1.54) is 6.33 Å². The minimum atomic E-state index is 0.310. The zero-order chi connectivity index (χ0) is 10.7. The summed E-state index contributed by atoms with van der Waals surface area (Å²) in [6.07, 6.45) is 3.54. The monoisotopic (exact) mass is 227 g/mol. The van der Waals surface area contributed by atoms with Crippen LogP contribution >= 0.6 is 11.6 Å². The third kappa shape index (κ3) is 2.50. The van der Waals surface area contributed by atoms with E-state index >= 15 is 0 Å². The molecule has 5 heteroatoms. The van der Waals surface area contributed by atoms with E-state index in [1.54, 1.807) is 7.11 Å². The first kappa shape index (κ1) is 10.5. The Hall–Kier alpha value is -1.03. The van der Waals surface area contributed by atoms with Gasteiger partial charge < -0.3 is 9.64 Å². The SMILES string of the molecule is COc1cc(N2CCC(Cl)CC2)ncn1. The maximum Gasteiger partial charge on any atom is 0.218 e. The molecule has 82 valence electrons. The summed E-state index contributed by atoms with van der Waals surface area (Å²) in [5.74, 6) is 1.53. The molecule has 1 saturated heterocycles. The Kier molecular flexibility index (Phi) is 3.26. The highest BCUT2D eigenvalue weighted by molar-refractivity contribution is 6.20. The number of halogens is 1. The molecular formula is C10H14ClN3O. The molecule has 1 aromatic rings. The second-order valence-corrected chi connectivity index (χ2v) is 4.20. The van der Waals surface area contributed by atoms with Gasteiger partial charge in [0.15, 0.2) is 0 Å². The number of aromatic nitrogens is 2. The molecule has 15 heavy (non-hydrogen) atoms. The minimum absolute atomic E-state index is 0.310. The molecule has 0 saturated carbocycles. The summed E-state index contributed by atoms with van der Waals surface area (Å²) in [5.41, 5.74) is 0. The normalized spacial score (nSPS) is 17.9. The lowest BCUT2D eigenvalue weighted by molar-refractivity contribution is 0.396. The van der Waals surface area contributed by atoms with Crippen molar-refractivity contribution in [3.05, 3.63) is 12.4 Å². The maximum absolute atomic E-state index is 6.04. The summed E-state index contributed by atoms with van der Waals surface area (Å²) in [6, 6.07) is 1.86. The number of hydrogen-bond acceptors (Lipinski definition) is 4. The largest absolute Gasteiger partial charge is 0.481 e. The smallest absolute Gasteiger partial charge is 0.218 e. The van der Waals surface area contributed by atoms with Crippen LogP contribution in [0.5, 0.6) is 5.88 Å². The van der Waals surface area contributed by atoms with E-state index in [0.29, 0.717) is 11.3 Å². The number of methoxy groups -OCH3 is 1. The van der Waals surface area contributed by atoms with Crippen LogP contribution in [-0.2, 0) is 0 Å². The Morgan fingerprint density at radius 1 is 1.40 bits per heavy atom. The third-order valence-corrected chi connectivity index (χ3v) is 3.02. The van der Waals surface area contributed by atoms with Crippen molar-refractivity contribution in [2.75, 3.05) is 25.1 Å². The Bertz CT molecular complexity index is 326. The summed E-state index contributed by atoms with van der Waals surface area (Å²) in [4.78, 5) is 10.4. The maximum atomic E-state index is 6.04. The molecule has 0 atom stereocenters. The molecule has 0 amide bonds. The molecule has 1 aliphatic rings. The van der Waals surface area contributed by atoms with E-state index in [1.807, 2.05) is 6.07 Å². The number of ether oxygens (including phenoxy) is 1. The molecule has 1 fully saturated rings. The van der Waals surface area contributed by atoms with Crippen molar-refractivity contribution in [1.29, 1.82) is 0 Å². The van der Waals surface area contributed by atoms with E-state index in [4.69, 9.17) is 16.3 Å². The molecule has 2 rings (SSSR count). The number of nitrogens with zero attached hydrogens (tertiary/aromatic N) is 3. The third-order valence-electron chi connectivity index (χ3n) is 2.59. The lowest BCUT2D eigenvalue weighted by Crippen LogP contribution is -2.34. The van der Waals surface area contributed by atoms with E-state index in [2.05, 4.69) is 14.9 Å². The van der Waals surface area contributed by atoms with Gasteiger partial charge in [0.25, 0.3) is 0 Å². The molecule has 0 N–H and O–H groups in total. The molecule has 0 aliphatic carbocycles. The fraction of sp³-hybridized carbons (Fsp3) is 0.600. The van der Waals surface area contributed by atoms with Gasteiger partial charge in [-0.2, -0.15) is 0 Å². The van der Waals surface area contributed by atoms with Crippen LogP contribution in [0.2, 0.25) is 0 Å². The van der Waals surface area contributed by atoms with Gasteiger partial charge in [0.1, 0.15) is 12.1 Å². The van der Waals surface area contributed by atoms with Gasteiger partial charge >= 0.3 is 0 Å². The predicted molar refractivity (Wildman–Crippen MR) is 59.7 cm³/mol. The van der Waals surface area contributed by atoms with Gasteiger partial charge in [-0.3, -0.25) is 0 Å². The minimum Gasteiger partial charge on any atom is -0.481 e. The Labute approximate surface area is 94.2 Å². The van der Waals surface area contributed by atoms with Gasteiger partial charge in [-0.25, -0.2) is 9.97 Å². The van der Waals surface area contributed by atoms with Crippen molar-refractivity contribution in [2.45, 2.75) is 18.2 Å². The van der Waals surface area contributed by atoms with E-state index in [-0.39, 0.29) is 0 Å². The number of hydrogen-bond donors (Lipinski definition) is 0. The van der Waals surface area contributed by atoms with Crippen molar-refractivity contribution in [2.24, 2.45) is 0 Å². The van der Waals surface area contributed by atoms with Crippen molar-refractivity contribution in [1.82, 2.24) is 9.97 Å². The highest BCUT2D eigenvalue weighted by Gasteiger charge is 2.18. The topological polar surface area (TPSA) is 38.2 Å². The van der Waals surface area contributed by atoms with Crippen LogP contribution in [0.1, 0.15) is 12.8 Å². The second-order valence-electron chi connectivity index (χ2n) is 3.58. The van der Waals surface area contributed by atoms with Crippen LogP contribution in [0.4, 0.5) is 5.82 Å². The van der Waals surface area contributed by atoms with E-state index in [0.717, 1.165) is 31.7 Å². The van der Waals surface area contributed by atoms with Gasteiger partial charge in [-0.05, 0) is 12.8 Å². The summed E-state index contributed by atoms with van der Waals surface area (Å²) < 4.78 is 5.06. The summed E-state index contributed by atoms with van der Waals surface area (Å²) in [5, 5.41) is 0.310. The molecular weight excluding hydrogens is 214 g/mol. The molecule has 0 bridgehead atoms. The molecule has 0 aromatic carbocycles. The highest BCUT2D eigenvalue weighted by Crippen LogP contribution is 2.22. The molecule has 0 radical (unpaired) electrons. The van der Waals surface area contributed by atoms with Crippen molar-refractivity contribution < 1.29 is 4.74 Å². The number of anilines is 1. The van der Waals surface area contributed by atoms with Gasteiger partial charge in [0.05, 0.1) is 7.11 Å². The molecule has 0 unspecified atom stereocenters. The average molecular weight is 228 g/mol. The lowest BCUT2D eigenvalue weighted by atomic mass is 10.1. The Morgan fingerprint density at radius 2 is 2.13 bits per heavy atom. The molecule has 1 aromatic heterocycles. The van der Waals surface area contributed by atoms with Crippen LogP contribution in [0.25, 0.3) is 0 Å². The second kappa shape index (κ2) is 4.66. The predicted octanol–water partition coefficient (Wildman–Crippen LogP) is 1.69. The highest BCUT2D eigenvalue weighted by atomic mass is 35.5. The lowest BCUT2D eigenvalue weighted by Gasteiger charge is -2.30. The first-order valence-corrected chi connectivity index (χ1v) is 5.48. The first-order valence-electron chi connectivity index (χ1n) is 5.04. The summed E-state index contributed by atoms with van der Waals surface area (Å²) >= 11 is 6.04. The van der Waals surface area contributed by atoms with Crippen LogP contribution in [0, 0.1) is 0 Å². The Balaban J connectivity index is 2.08. The average Bonchev–Trinajstić information content (AvgIpc) is 2.30. The molecule has 0 spiro atoms. The summed E-state index contributed by atoms with van der Waals surface area (Å²) in [7, 11) is 1.61. The van der Waals surface area contributed by atoms with Crippen LogP contribution in [-0.4, -0.2) is 35.5 Å². The van der Waals surface area contributed by atoms with Crippen molar-refractivity contribution >= 4 is 17.4 Å². The quantitative estimate of drug-likeness (QED) is 0.721. The summed E-state index contributed by atoms with van der Waals surface area (Å²) in [6.45, 7) is 1.91. The zero-order valence-electron chi connectivity index (χ0n) is 8.69.